The average Bonchev–Trinajstić information content (AvgIpc) is 3.07. The number of halogens is 1. The molecular weight excluding hydrogens is 349 g/mol. The van der Waals surface area contributed by atoms with E-state index >= 15 is 0 Å². The van der Waals surface area contributed by atoms with E-state index in [2.05, 4.69) is 9.97 Å². The van der Waals surface area contributed by atoms with Crippen LogP contribution in [0.1, 0.15) is 22.1 Å². The fourth-order valence-electron chi connectivity index (χ4n) is 3.37. The van der Waals surface area contributed by atoms with Crippen LogP contribution in [0.3, 0.4) is 0 Å². The van der Waals surface area contributed by atoms with E-state index < -0.39 is 5.82 Å². The third kappa shape index (κ3) is 3.14. The van der Waals surface area contributed by atoms with Crippen molar-refractivity contribution in [3.8, 4) is 0 Å². The van der Waals surface area contributed by atoms with Gasteiger partial charge in [0.15, 0.2) is 0 Å². The van der Waals surface area contributed by atoms with Crippen LogP contribution in [0.25, 0.3) is 10.9 Å². The highest BCUT2D eigenvalue weighted by atomic mass is 19.1. The van der Waals surface area contributed by atoms with Crippen molar-refractivity contribution >= 4 is 28.7 Å². The molecule has 7 nitrogen and oxygen atoms in total. The Bertz CT molecular complexity index is 1010. The van der Waals surface area contributed by atoms with E-state index in [1.165, 1.54) is 35.9 Å². The smallest absolute Gasteiger partial charge is 0.256 e. The fraction of sp³-hybridized carbons (Fsp3) is 0.263. The summed E-state index contributed by atoms with van der Waals surface area (Å²) in [4.78, 5) is 37.1. The number of amides is 1. The molecule has 2 aromatic heterocycles. The van der Waals surface area contributed by atoms with Gasteiger partial charge in [-0.3, -0.25) is 14.2 Å². The van der Waals surface area contributed by atoms with Crippen LogP contribution in [0.4, 0.5) is 10.3 Å². The summed E-state index contributed by atoms with van der Waals surface area (Å²) in [6, 6.07) is 5.87. The molecule has 0 N–H and O–H groups in total. The van der Waals surface area contributed by atoms with Gasteiger partial charge < -0.3 is 9.80 Å². The fourth-order valence-corrected chi connectivity index (χ4v) is 3.37. The highest BCUT2D eigenvalue weighted by molar-refractivity contribution is 6.09. The van der Waals surface area contributed by atoms with E-state index in [9.17, 15) is 14.0 Å². The molecule has 1 amide bonds. The lowest BCUT2D eigenvalue weighted by Gasteiger charge is -2.34. The van der Waals surface area contributed by atoms with E-state index in [0.717, 1.165) is 0 Å². The second-order valence-corrected chi connectivity index (χ2v) is 6.42. The minimum Gasteiger partial charge on any atom is -0.337 e. The normalized spacial score (nSPS) is 14.6. The highest BCUT2D eigenvalue weighted by Crippen LogP contribution is 2.24. The van der Waals surface area contributed by atoms with E-state index in [1.807, 2.05) is 4.90 Å². The minimum absolute atomic E-state index is 0.209. The molecule has 1 fully saturated rings. The third-order valence-corrected chi connectivity index (χ3v) is 4.74. The maximum absolute atomic E-state index is 13.7. The average molecular weight is 367 g/mol. The number of anilines is 1. The monoisotopic (exact) mass is 367 g/mol. The summed E-state index contributed by atoms with van der Waals surface area (Å²) in [6.45, 7) is 3.62. The predicted octanol–water partition coefficient (Wildman–Crippen LogP) is 2.19. The number of aromatic nitrogens is 3. The zero-order chi connectivity index (χ0) is 19.0. The van der Waals surface area contributed by atoms with Gasteiger partial charge in [0.2, 0.25) is 11.9 Å². The Kier molecular flexibility index (Phi) is 4.31. The molecule has 138 valence electrons. The topological polar surface area (TPSA) is 71.3 Å². The van der Waals surface area contributed by atoms with Gasteiger partial charge in [-0.1, -0.05) is 0 Å². The van der Waals surface area contributed by atoms with Gasteiger partial charge >= 0.3 is 0 Å². The lowest BCUT2D eigenvalue weighted by Crippen LogP contribution is -2.49. The maximum Gasteiger partial charge on any atom is 0.256 e. The molecule has 0 unspecified atom stereocenters. The van der Waals surface area contributed by atoms with Crippen LogP contribution in [-0.2, 0) is 0 Å². The van der Waals surface area contributed by atoms with Gasteiger partial charge in [-0.15, -0.1) is 0 Å². The summed E-state index contributed by atoms with van der Waals surface area (Å²) in [6.07, 6.45) is 4.87. The highest BCUT2D eigenvalue weighted by Gasteiger charge is 2.26. The second-order valence-electron chi connectivity index (χ2n) is 6.42. The Morgan fingerprint density at radius 3 is 2.44 bits per heavy atom. The SMILES string of the molecule is CC(=O)n1cc(C(=O)N2CCN(c3ncccn3)CC2)c2cc(F)ccc21. The molecule has 1 aliphatic rings. The first kappa shape index (κ1) is 17.1. The van der Waals surface area contributed by atoms with Crippen LogP contribution in [0.15, 0.2) is 42.9 Å². The van der Waals surface area contributed by atoms with Crippen LogP contribution >= 0.6 is 0 Å². The van der Waals surface area contributed by atoms with Gasteiger partial charge in [-0.25, -0.2) is 14.4 Å². The van der Waals surface area contributed by atoms with Crippen LogP contribution in [0, 0.1) is 5.82 Å². The Balaban J connectivity index is 1.59. The summed E-state index contributed by atoms with van der Waals surface area (Å²) in [5.74, 6) is -0.236. The number of hydrogen-bond acceptors (Lipinski definition) is 5. The van der Waals surface area contributed by atoms with Crippen molar-refractivity contribution in [3.05, 3.63) is 54.2 Å². The predicted molar refractivity (Wildman–Crippen MR) is 98.3 cm³/mol. The zero-order valence-electron chi connectivity index (χ0n) is 14.8. The van der Waals surface area contributed by atoms with Crippen LogP contribution in [0.2, 0.25) is 0 Å². The van der Waals surface area contributed by atoms with Gasteiger partial charge in [0, 0.05) is 57.1 Å². The molecule has 4 rings (SSSR count). The molecule has 3 aromatic rings. The molecule has 1 aliphatic heterocycles. The van der Waals surface area contributed by atoms with Gasteiger partial charge in [0.25, 0.3) is 5.91 Å². The lowest BCUT2D eigenvalue weighted by atomic mass is 10.1. The third-order valence-electron chi connectivity index (χ3n) is 4.74. The Hall–Kier alpha value is -3.29. The quantitative estimate of drug-likeness (QED) is 0.694. The molecule has 1 aromatic carbocycles. The van der Waals surface area contributed by atoms with Gasteiger partial charge in [0.05, 0.1) is 11.1 Å². The number of piperazine rings is 1. The van der Waals surface area contributed by atoms with E-state index in [-0.39, 0.29) is 11.8 Å². The first-order valence-electron chi connectivity index (χ1n) is 8.67. The summed E-state index contributed by atoms with van der Waals surface area (Å²) < 4.78 is 15.1. The maximum atomic E-state index is 13.7. The van der Waals surface area contributed by atoms with Crippen molar-refractivity contribution in [2.75, 3.05) is 31.1 Å². The first-order valence-corrected chi connectivity index (χ1v) is 8.67. The molecule has 0 saturated carbocycles. The van der Waals surface area contributed by atoms with Gasteiger partial charge in [-0.05, 0) is 24.3 Å². The van der Waals surface area contributed by atoms with Crippen LogP contribution in [0.5, 0.6) is 0 Å². The molecule has 8 heteroatoms. The number of nitrogens with zero attached hydrogens (tertiary/aromatic N) is 5. The molecule has 3 heterocycles. The summed E-state index contributed by atoms with van der Waals surface area (Å²) in [7, 11) is 0. The van der Waals surface area contributed by atoms with Crippen molar-refractivity contribution in [1.29, 1.82) is 0 Å². The standard InChI is InChI=1S/C19H18FN5O2/c1-13(26)25-12-16(15-11-14(20)3-4-17(15)25)18(27)23-7-9-24(10-8-23)19-21-5-2-6-22-19/h2-6,11-12H,7-10H2,1H3. The first-order chi connectivity index (χ1) is 13.0. The summed E-state index contributed by atoms with van der Waals surface area (Å²) >= 11 is 0. The second kappa shape index (κ2) is 6.79. The lowest BCUT2D eigenvalue weighted by molar-refractivity contribution is 0.0748. The summed E-state index contributed by atoms with van der Waals surface area (Å²) in [5.41, 5.74) is 0.868. The number of rotatable bonds is 2. The molecule has 0 spiro atoms. The van der Waals surface area contributed by atoms with Crippen LogP contribution in [-0.4, -0.2) is 57.4 Å². The van der Waals surface area contributed by atoms with Crippen molar-refractivity contribution in [2.24, 2.45) is 0 Å². The Labute approximate surface area is 155 Å². The summed E-state index contributed by atoms with van der Waals surface area (Å²) in [5, 5.41) is 0.448. The number of carbonyl (C=O) groups excluding carboxylic acids is 2. The Morgan fingerprint density at radius 2 is 1.78 bits per heavy atom. The van der Waals surface area contributed by atoms with Crippen molar-refractivity contribution in [2.45, 2.75) is 6.92 Å². The zero-order valence-corrected chi connectivity index (χ0v) is 14.8. The number of benzene rings is 1. The Morgan fingerprint density at radius 1 is 1.07 bits per heavy atom. The molecule has 27 heavy (non-hydrogen) atoms. The number of carbonyl (C=O) groups is 2. The van der Waals surface area contributed by atoms with E-state index in [0.29, 0.717) is 48.6 Å². The molecule has 0 bridgehead atoms. The number of hydrogen-bond donors (Lipinski definition) is 0. The van der Waals surface area contributed by atoms with E-state index in [1.54, 1.807) is 23.4 Å². The van der Waals surface area contributed by atoms with Crippen molar-refractivity contribution in [3.63, 3.8) is 0 Å². The van der Waals surface area contributed by atoms with Gasteiger partial charge in [0.1, 0.15) is 5.82 Å². The largest absolute Gasteiger partial charge is 0.337 e. The molecule has 0 radical (unpaired) electrons. The van der Waals surface area contributed by atoms with E-state index in [4.69, 9.17) is 0 Å². The van der Waals surface area contributed by atoms with Crippen molar-refractivity contribution < 1.29 is 14.0 Å². The molecule has 1 saturated heterocycles. The molecule has 0 aliphatic carbocycles. The van der Waals surface area contributed by atoms with Crippen molar-refractivity contribution in [1.82, 2.24) is 19.4 Å². The minimum atomic E-state index is -0.441. The number of fused-ring (bicyclic) bond motifs is 1. The van der Waals surface area contributed by atoms with Crippen LogP contribution < -0.4 is 4.90 Å². The molecular formula is C19H18FN5O2. The van der Waals surface area contributed by atoms with Gasteiger partial charge in [-0.2, -0.15) is 0 Å². The molecule has 0 atom stereocenters.